The second-order valence-electron chi connectivity index (χ2n) is 5.16. The quantitative estimate of drug-likeness (QED) is 0.834. The molecule has 0 fully saturated rings. The third-order valence-corrected chi connectivity index (χ3v) is 4.47. The number of hydrogen-bond donors (Lipinski definition) is 1. The van der Waals surface area contributed by atoms with Crippen LogP contribution in [0.25, 0.3) is 0 Å². The van der Waals surface area contributed by atoms with Gasteiger partial charge in [0.15, 0.2) is 0 Å². The van der Waals surface area contributed by atoms with Gasteiger partial charge in [-0.05, 0) is 61.4 Å². The van der Waals surface area contributed by atoms with Crippen LogP contribution in [0.2, 0.25) is 0 Å². The number of aryl methyl sites for hydroxylation is 2. The lowest BCUT2D eigenvalue weighted by Crippen LogP contribution is -2.32. The van der Waals surface area contributed by atoms with Gasteiger partial charge < -0.3 is 5.32 Å². The molecule has 1 unspecified atom stereocenters. The van der Waals surface area contributed by atoms with Gasteiger partial charge in [0.1, 0.15) is 0 Å². The smallest absolute Gasteiger partial charge is 0.0156 e. The van der Waals surface area contributed by atoms with E-state index < -0.39 is 0 Å². The van der Waals surface area contributed by atoms with Gasteiger partial charge in [-0.2, -0.15) is 0 Å². The van der Waals surface area contributed by atoms with Gasteiger partial charge in [0.05, 0.1) is 0 Å². The Labute approximate surface area is 120 Å². The molecule has 0 aliphatic carbocycles. The number of hydrogen-bond acceptors (Lipinski definition) is 2. The van der Waals surface area contributed by atoms with Gasteiger partial charge >= 0.3 is 0 Å². The molecule has 0 saturated carbocycles. The molecule has 19 heavy (non-hydrogen) atoms. The van der Waals surface area contributed by atoms with Gasteiger partial charge in [-0.3, -0.25) is 0 Å². The monoisotopic (exact) mass is 273 g/mol. The second kappa shape index (κ2) is 6.88. The molecule has 1 aromatic carbocycles. The van der Waals surface area contributed by atoms with Gasteiger partial charge in [-0.1, -0.05) is 31.2 Å². The van der Waals surface area contributed by atoms with Crippen LogP contribution in [0, 0.1) is 13.8 Å². The van der Waals surface area contributed by atoms with Crippen LogP contribution in [0.3, 0.4) is 0 Å². The highest BCUT2D eigenvalue weighted by Crippen LogP contribution is 2.16. The van der Waals surface area contributed by atoms with E-state index in [1.807, 2.05) is 11.3 Å². The molecule has 2 rings (SSSR count). The first kappa shape index (κ1) is 14.3. The van der Waals surface area contributed by atoms with Crippen molar-refractivity contribution in [2.75, 3.05) is 6.54 Å². The molecular formula is C17H23NS. The van der Waals surface area contributed by atoms with E-state index in [1.165, 1.54) is 21.6 Å². The van der Waals surface area contributed by atoms with Crippen molar-refractivity contribution in [1.82, 2.24) is 5.32 Å². The Hall–Kier alpha value is -1.12. The summed E-state index contributed by atoms with van der Waals surface area (Å²) in [4.78, 5) is 1.47. The zero-order valence-corrected chi connectivity index (χ0v) is 12.9. The Morgan fingerprint density at radius 1 is 1.11 bits per heavy atom. The van der Waals surface area contributed by atoms with Crippen LogP contribution in [0.5, 0.6) is 0 Å². The molecule has 1 heterocycles. The van der Waals surface area contributed by atoms with Crippen molar-refractivity contribution in [3.8, 4) is 0 Å². The third-order valence-electron chi connectivity index (χ3n) is 3.57. The molecule has 2 heteroatoms. The van der Waals surface area contributed by atoms with Crippen LogP contribution >= 0.6 is 11.3 Å². The molecule has 1 aromatic heterocycles. The molecule has 1 atom stereocenters. The first-order chi connectivity index (χ1) is 9.19. The van der Waals surface area contributed by atoms with E-state index in [4.69, 9.17) is 0 Å². The number of thiophene rings is 1. The highest BCUT2D eigenvalue weighted by atomic mass is 32.1. The minimum Gasteiger partial charge on any atom is -0.314 e. The maximum absolute atomic E-state index is 3.61. The van der Waals surface area contributed by atoms with Gasteiger partial charge in [0, 0.05) is 10.9 Å². The molecule has 0 saturated heterocycles. The van der Waals surface area contributed by atoms with Crippen LogP contribution in [0.4, 0.5) is 0 Å². The summed E-state index contributed by atoms with van der Waals surface area (Å²) in [5.74, 6) is 0. The van der Waals surface area contributed by atoms with Crippen LogP contribution in [0.15, 0.2) is 35.7 Å². The van der Waals surface area contributed by atoms with E-state index in [-0.39, 0.29) is 0 Å². The van der Waals surface area contributed by atoms with Crippen LogP contribution < -0.4 is 5.32 Å². The summed E-state index contributed by atoms with van der Waals surface area (Å²) in [6.45, 7) is 7.58. The maximum atomic E-state index is 3.61. The van der Waals surface area contributed by atoms with E-state index in [1.54, 1.807) is 0 Å². The minimum absolute atomic E-state index is 0.533. The lowest BCUT2D eigenvalue weighted by molar-refractivity contribution is 0.524. The zero-order valence-electron chi connectivity index (χ0n) is 12.1. The Kier molecular flexibility index (Phi) is 5.17. The average Bonchev–Trinajstić information content (AvgIpc) is 2.87. The van der Waals surface area contributed by atoms with Gasteiger partial charge in [-0.25, -0.2) is 0 Å². The highest BCUT2D eigenvalue weighted by molar-refractivity contribution is 7.09. The van der Waals surface area contributed by atoms with Crippen molar-refractivity contribution in [2.45, 2.75) is 39.7 Å². The van der Waals surface area contributed by atoms with E-state index >= 15 is 0 Å². The number of likely N-dealkylation sites (N-methyl/N-ethyl adjacent to an activating group) is 1. The Bertz CT molecular complexity index is 502. The van der Waals surface area contributed by atoms with Crippen molar-refractivity contribution in [3.05, 3.63) is 57.3 Å². The number of rotatable bonds is 6. The highest BCUT2D eigenvalue weighted by Gasteiger charge is 2.10. The molecule has 1 N–H and O–H groups in total. The van der Waals surface area contributed by atoms with Gasteiger partial charge in [0.2, 0.25) is 0 Å². The van der Waals surface area contributed by atoms with Crippen LogP contribution in [-0.2, 0) is 12.8 Å². The molecule has 1 nitrogen and oxygen atoms in total. The van der Waals surface area contributed by atoms with E-state index in [0.717, 1.165) is 19.4 Å². The summed E-state index contributed by atoms with van der Waals surface area (Å²) in [7, 11) is 0. The lowest BCUT2D eigenvalue weighted by atomic mass is 9.99. The fourth-order valence-electron chi connectivity index (χ4n) is 2.39. The first-order valence-electron chi connectivity index (χ1n) is 7.01. The van der Waals surface area contributed by atoms with Crippen LogP contribution in [0.1, 0.15) is 28.5 Å². The molecule has 0 radical (unpaired) electrons. The lowest BCUT2D eigenvalue weighted by Gasteiger charge is -2.18. The van der Waals surface area contributed by atoms with Crippen molar-refractivity contribution in [1.29, 1.82) is 0 Å². The summed E-state index contributed by atoms with van der Waals surface area (Å²) in [5.41, 5.74) is 4.21. The number of benzene rings is 1. The van der Waals surface area contributed by atoms with Crippen molar-refractivity contribution >= 4 is 11.3 Å². The third kappa shape index (κ3) is 4.19. The minimum atomic E-state index is 0.533. The largest absolute Gasteiger partial charge is 0.314 e. The maximum Gasteiger partial charge on any atom is 0.0156 e. The molecule has 0 aliphatic heterocycles. The Morgan fingerprint density at radius 3 is 2.58 bits per heavy atom. The van der Waals surface area contributed by atoms with Crippen molar-refractivity contribution in [3.63, 3.8) is 0 Å². The molecular weight excluding hydrogens is 250 g/mol. The second-order valence-corrected chi connectivity index (χ2v) is 6.19. The molecule has 0 bridgehead atoms. The van der Waals surface area contributed by atoms with Gasteiger partial charge in [-0.15, -0.1) is 11.3 Å². The summed E-state index contributed by atoms with van der Waals surface area (Å²) in [5, 5.41) is 5.77. The van der Waals surface area contributed by atoms with Gasteiger partial charge in [0.25, 0.3) is 0 Å². The van der Waals surface area contributed by atoms with Crippen molar-refractivity contribution in [2.24, 2.45) is 0 Å². The summed E-state index contributed by atoms with van der Waals surface area (Å²) < 4.78 is 0. The summed E-state index contributed by atoms with van der Waals surface area (Å²) in [6.07, 6.45) is 2.23. The molecule has 102 valence electrons. The van der Waals surface area contributed by atoms with E-state index in [9.17, 15) is 0 Å². The predicted molar refractivity (Wildman–Crippen MR) is 85.1 cm³/mol. The zero-order chi connectivity index (χ0) is 13.7. The predicted octanol–water partition coefficient (Wildman–Crippen LogP) is 4.13. The topological polar surface area (TPSA) is 12.0 Å². The molecule has 0 spiro atoms. The first-order valence-corrected chi connectivity index (χ1v) is 7.89. The van der Waals surface area contributed by atoms with E-state index in [0.29, 0.717) is 6.04 Å². The fourth-order valence-corrected chi connectivity index (χ4v) is 3.18. The Morgan fingerprint density at radius 2 is 1.95 bits per heavy atom. The molecule has 0 amide bonds. The normalized spacial score (nSPS) is 12.6. The van der Waals surface area contributed by atoms with E-state index in [2.05, 4.69) is 61.8 Å². The molecule has 0 aliphatic rings. The SMILES string of the molecule is CCNC(Cc1ccc(C)c(C)c1)Cc1cccs1. The summed E-state index contributed by atoms with van der Waals surface area (Å²) >= 11 is 1.85. The van der Waals surface area contributed by atoms with Crippen LogP contribution in [-0.4, -0.2) is 12.6 Å². The fraction of sp³-hybridized carbons (Fsp3) is 0.412. The van der Waals surface area contributed by atoms with Crippen molar-refractivity contribution < 1.29 is 0 Å². The average molecular weight is 273 g/mol. The summed E-state index contributed by atoms with van der Waals surface area (Å²) in [6, 6.07) is 11.7. The standard InChI is InChI=1S/C17H23NS/c1-4-18-16(12-17-6-5-9-19-17)11-15-8-7-13(2)14(3)10-15/h5-10,16,18H,4,11-12H2,1-3H3. The Balaban J connectivity index is 2.05. The number of nitrogens with one attached hydrogen (secondary N) is 1. The molecule has 2 aromatic rings.